The van der Waals surface area contributed by atoms with E-state index in [1.54, 1.807) is 53.2 Å². The highest BCUT2D eigenvalue weighted by atomic mass is 32.2. The first-order valence-electron chi connectivity index (χ1n) is 15.4. The summed E-state index contributed by atoms with van der Waals surface area (Å²) in [6, 6.07) is 14.4. The van der Waals surface area contributed by atoms with Crippen molar-refractivity contribution in [3.63, 3.8) is 0 Å². The van der Waals surface area contributed by atoms with E-state index in [2.05, 4.69) is 4.98 Å². The highest BCUT2D eigenvalue weighted by Crippen LogP contribution is 2.39. The van der Waals surface area contributed by atoms with Crippen LogP contribution in [0.3, 0.4) is 0 Å². The van der Waals surface area contributed by atoms with Gasteiger partial charge in [-0.25, -0.2) is 22.5 Å². The SMILES string of the molecule is CCCCc1ncc(/C=C(\Cc2cc3c(cc2OC)OCO3)C(=O)O)n1-c1ccc(OC)cc1OCN(C=O)S(=O)(=O)c1ccc(C)cc1. The van der Waals surface area contributed by atoms with Crippen LogP contribution >= 0.6 is 0 Å². The third-order valence-electron chi connectivity index (χ3n) is 7.87. The lowest BCUT2D eigenvalue weighted by Crippen LogP contribution is -2.33. The number of hydrogen-bond donors (Lipinski definition) is 1. The Balaban J connectivity index is 1.55. The van der Waals surface area contributed by atoms with Gasteiger partial charge in [0.1, 0.15) is 23.1 Å². The number of aliphatic carboxylic acids is 1. The van der Waals surface area contributed by atoms with E-state index in [1.807, 2.05) is 13.8 Å². The van der Waals surface area contributed by atoms with E-state index in [4.69, 9.17) is 23.7 Å². The van der Waals surface area contributed by atoms with Crippen LogP contribution in [-0.2, 0) is 32.5 Å². The zero-order valence-corrected chi connectivity index (χ0v) is 28.4. The molecule has 1 N–H and O–H groups in total. The second-order valence-corrected chi connectivity index (χ2v) is 13.0. The largest absolute Gasteiger partial charge is 0.497 e. The van der Waals surface area contributed by atoms with Crippen molar-refractivity contribution in [1.29, 1.82) is 0 Å². The van der Waals surface area contributed by atoms with Gasteiger partial charge in [-0.1, -0.05) is 31.0 Å². The number of benzene rings is 3. The number of carboxylic acids is 1. The number of sulfonamides is 1. The number of carbonyl (C=O) groups excluding carboxylic acids is 1. The molecule has 2 heterocycles. The van der Waals surface area contributed by atoms with Gasteiger partial charge in [-0.3, -0.25) is 9.36 Å². The number of imidazole rings is 1. The summed E-state index contributed by atoms with van der Waals surface area (Å²) in [5.74, 6) is 1.48. The zero-order chi connectivity index (χ0) is 35.1. The van der Waals surface area contributed by atoms with Crippen molar-refractivity contribution in [2.45, 2.75) is 44.4 Å². The van der Waals surface area contributed by atoms with Gasteiger partial charge in [0, 0.05) is 36.1 Å². The van der Waals surface area contributed by atoms with Gasteiger partial charge < -0.3 is 28.8 Å². The molecule has 1 aliphatic heterocycles. The van der Waals surface area contributed by atoms with Gasteiger partial charge in [0.25, 0.3) is 10.0 Å². The number of aryl methyl sites for hydroxylation is 2. The first-order valence-corrected chi connectivity index (χ1v) is 16.9. The number of amides is 1. The monoisotopic (exact) mass is 691 g/mol. The Morgan fingerprint density at radius 2 is 1.78 bits per heavy atom. The molecule has 258 valence electrons. The molecular formula is C35H37N3O10S. The van der Waals surface area contributed by atoms with Crippen LogP contribution in [-0.4, -0.2) is 67.5 Å². The molecule has 3 aromatic carbocycles. The fourth-order valence-corrected chi connectivity index (χ4v) is 6.27. The number of rotatable bonds is 16. The third kappa shape index (κ3) is 7.64. The normalized spacial score (nSPS) is 12.4. The van der Waals surface area contributed by atoms with Crippen LogP contribution in [0.5, 0.6) is 28.7 Å². The standard InChI is InChI=1S/C35H37N3O10S/c1-5-6-7-34-36-19-26(15-25(35(40)41)14-24-16-32-33(48-22-47-32)18-30(24)45-4)38(34)29-13-10-27(44-3)17-31(29)46-21-37(20-39)49(42,43)28-11-8-23(2)9-12-28/h8-13,15-20H,5-7,14,21-22H2,1-4H3,(H,40,41)/b25-15+. The summed E-state index contributed by atoms with van der Waals surface area (Å²) in [6.45, 7) is 3.27. The molecule has 49 heavy (non-hydrogen) atoms. The molecule has 0 aliphatic carbocycles. The van der Waals surface area contributed by atoms with Crippen LogP contribution in [0.25, 0.3) is 11.8 Å². The van der Waals surface area contributed by atoms with Crippen molar-refractivity contribution in [2.75, 3.05) is 27.7 Å². The van der Waals surface area contributed by atoms with Crippen molar-refractivity contribution in [3.05, 3.63) is 89.0 Å². The molecule has 1 aliphatic rings. The van der Waals surface area contributed by atoms with Crippen LogP contribution in [0.4, 0.5) is 0 Å². The van der Waals surface area contributed by atoms with E-state index in [9.17, 15) is 23.1 Å². The first-order chi connectivity index (χ1) is 23.6. The number of carbonyl (C=O) groups is 2. The van der Waals surface area contributed by atoms with Gasteiger partial charge >= 0.3 is 5.97 Å². The molecule has 5 rings (SSSR count). The molecule has 0 radical (unpaired) electrons. The summed E-state index contributed by atoms with van der Waals surface area (Å²) in [7, 11) is -1.26. The number of unbranched alkanes of at least 4 members (excludes halogenated alkanes) is 1. The fourth-order valence-electron chi connectivity index (χ4n) is 5.22. The summed E-state index contributed by atoms with van der Waals surface area (Å²) in [5, 5.41) is 10.3. The maximum absolute atomic E-state index is 13.3. The Labute approximate surface area is 284 Å². The Bertz CT molecular complexity index is 1970. The number of aromatic nitrogens is 2. The highest BCUT2D eigenvalue weighted by Gasteiger charge is 2.25. The highest BCUT2D eigenvalue weighted by molar-refractivity contribution is 7.89. The Morgan fingerprint density at radius 1 is 1.04 bits per heavy atom. The average Bonchev–Trinajstić information content (AvgIpc) is 3.72. The predicted octanol–water partition coefficient (Wildman–Crippen LogP) is 5.16. The van der Waals surface area contributed by atoms with Crippen molar-refractivity contribution in [2.24, 2.45) is 0 Å². The predicted molar refractivity (Wildman–Crippen MR) is 179 cm³/mol. The minimum Gasteiger partial charge on any atom is -0.497 e. The average molecular weight is 692 g/mol. The van der Waals surface area contributed by atoms with E-state index in [0.717, 1.165) is 18.4 Å². The number of methoxy groups -OCH3 is 2. The number of fused-ring (bicyclic) bond motifs is 1. The van der Waals surface area contributed by atoms with E-state index < -0.39 is 22.7 Å². The molecule has 0 fully saturated rings. The molecule has 4 aromatic rings. The van der Waals surface area contributed by atoms with Gasteiger partial charge in [0.15, 0.2) is 18.2 Å². The Hall–Kier alpha value is -5.50. The lowest BCUT2D eigenvalue weighted by Gasteiger charge is -2.21. The van der Waals surface area contributed by atoms with Crippen LogP contribution in [0.15, 0.2) is 71.3 Å². The molecule has 0 bridgehead atoms. The van der Waals surface area contributed by atoms with Crippen molar-refractivity contribution >= 4 is 28.5 Å². The van der Waals surface area contributed by atoms with Crippen LogP contribution in [0.1, 0.15) is 42.4 Å². The first kappa shape index (κ1) is 34.8. The molecule has 0 saturated carbocycles. The van der Waals surface area contributed by atoms with Crippen LogP contribution in [0, 0.1) is 6.92 Å². The Morgan fingerprint density at radius 3 is 2.43 bits per heavy atom. The summed E-state index contributed by atoms with van der Waals surface area (Å²) in [5.41, 5.74) is 2.33. The van der Waals surface area contributed by atoms with Gasteiger partial charge in [0.05, 0.1) is 36.7 Å². The molecule has 0 atom stereocenters. The van der Waals surface area contributed by atoms with Gasteiger partial charge in [-0.15, -0.1) is 0 Å². The molecular weight excluding hydrogens is 654 g/mol. The second-order valence-electron chi connectivity index (χ2n) is 11.1. The maximum Gasteiger partial charge on any atom is 0.331 e. The molecule has 0 unspecified atom stereocenters. The van der Waals surface area contributed by atoms with E-state index in [-0.39, 0.29) is 35.8 Å². The summed E-state index contributed by atoms with van der Waals surface area (Å²) in [4.78, 5) is 29.2. The summed E-state index contributed by atoms with van der Waals surface area (Å²) < 4.78 is 56.8. The second kappa shape index (κ2) is 15.2. The minimum atomic E-state index is -4.23. The lowest BCUT2D eigenvalue weighted by atomic mass is 10.0. The molecule has 0 spiro atoms. The molecule has 13 nitrogen and oxygen atoms in total. The van der Waals surface area contributed by atoms with E-state index in [0.29, 0.717) is 56.5 Å². The minimum absolute atomic E-state index is 0.0121. The van der Waals surface area contributed by atoms with Crippen molar-refractivity contribution < 1.29 is 46.8 Å². The molecule has 0 saturated heterocycles. The van der Waals surface area contributed by atoms with Crippen molar-refractivity contribution in [1.82, 2.24) is 13.9 Å². The lowest BCUT2D eigenvalue weighted by molar-refractivity contribution is -0.132. The summed E-state index contributed by atoms with van der Waals surface area (Å²) in [6.07, 6.45) is 5.48. The zero-order valence-electron chi connectivity index (χ0n) is 27.5. The maximum atomic E-state index is 13.3. The third-order valence-corrected chi connectivity index (χ3v) is 9.55. The van der Waals surface area contributed by atoms with E-state index in [1.165, 1.54) is 32.4 Å². The molecule has 14 heteroatoms. The summed E-state index contributed by atoms with van der Waals surface area (Å²) >= 11 is 0. The van der Waals surface area contributed by atoms with Gasteiger partial charge in [0.2, 0.25) is 13.2 Å². The van der Waals surface area contributed by atoms with Crippen LogP contribution < -0.4 is 23.7 Å². The smallest absolute Gasteiger partial charge is 0.331 e. The molecule has 1 aromatic heterocycles. The van der Waals surface area contributed by atoms with Gasteiger partial charge in [-0.05, 0) is 49.8 Å². The molecule has 1 amide bonds. The van der Waals surface area contributed by atoms with Crippen LogP contribution in [0.2, 0.25) is 0 Å². The topological polar surface area (TPSA) is 156 Å². The number of hydrogen-bond acceptors (Lipinski definition) is 10. The number of carboxylic acid groups (broad SMARTS) is 1. The fraction of sp³-hybridized carbons (Fsp3) is 0.286. The number of nitrogens with zero attached hydrogens (tertiary/aromatic N) is 3. The van der Waals surface area contributed by atoms with E-state index >= 15 is 0 Å². The quantitative estimate of drug-likeness (QED) is 0.0941. The van der Waals surface area contributed by atoms with Crippen molar-refractivity contribution in [3.8, 4) is 34.4 Å². The van der Waals surface area contributed by atoms with Gasteiger partial charge in [-0.2, -0.15) is 0 Å². The Kier molecular flexibility index (Phi) is 10.8. The number of ether oxygens (including phenoxy) is 5.